The summed E-state index contributed by atoms with van der Waals surface area (Å²) in [4.78, 5) is 21.9. The summed E-state index contributed by atoms with van der Waals surface area (Å²) in [6.45, 7) is 2.23. The summed E-state index contributed by atoms with van der Waals surface area (Å²) >= 11 is 0. The van der Waals surface area contributed by atoms with E-state index in [4.69, 9.17) is 0 Å². The lowest BCUT2D eigenvalue weighted by Gasteiger charge is -2.20. The topological polar surface area (TPSA) is 46.1 Å². The van der Waals surface area contributed by atoms with Crippen molar-refractivity contribution < 1.29 is 4.79 Å². The minimum atomic E-state index is 0.0242. The van der Waals surface area contributed by atoms with Crippen LogP contribution in [0.3, 0.4) is 0 Å². The zero-order valence-corrected chi connectivity index (χ0v) is 10.5. The van der Waals surface area contributed by atoms with Crippen molar-refractivity contribution in [3.05, 3.63) is 54.0 Å². The van der Waals surface area contributed by atoms with E-state index in [-0.39, 0.29) is 5.78 Å². The lowest BCUT2D eigenvalue weighted by Crippen LogP contribution is -2.20. The van der Waals surface area contributed by atoms with Crippen LogP contribution in [0.15, 0.2) is 42.9 Å². The number of ketones is 1. The Morgan fingerprint density at radius 1 is 1.28 bits per heavy atom. The molecule has 0 saturated carbocycles. The Morgan fingerprint density at radius 3 is 2.72 bits per heavy atom. The van der Waals surface area contributed by atoms with Crippen molar-refractivity contribution in [3.63, 3.8) is 0 Å². The maximum absolute atomic E-state index is 11.5. The number of hydrogen-bond acceptors (Lipinski definition) is 4. The highest BCUT2D eigenvalue weighted by atomic mass is 16.1. The number of anilines is 1. The molecular weight excluding hydrogens is 226 g/mol. The van der Waals surface area contributed by atoms with Gasteiger partial charge in [0.05, 0.1) is 5.56 Å². The molecule has 0 radical (unpaired) electrons. The van der Waals surface area contributed by atoms with Gasteiger partial charge in [0.1, 0.15) is 5.82 Å². The van der Waals surface area contributed by atoms with Crippen LogP contribution in [0, 0.1) is 0 Å². The Hall–Kier alpha value is -2.23. The fourth-order valence-electron chi connectivity index (χ4n) is 1.82. The summed E-state index contributed by atoms with van der Waals surface area (Å²) in [7, 11) is 1.92. The highest BCUT2D eigenvalue weighted by Gasteiger charge is 2.12. The van der Waals surface area contributed by atoms with Crippen LogP contribution >= 0.6 is 0 Å². The molecule has 0 bridgehead atoms. The van der Waals surface area contributed by atoms with Crippen molar-refractivity contribution in [1.82, 2.24) is 9.97 Å². The van der Waals surface area contributed by atoms with Crippen molar-refractivity contribution in [1.29, 1.82) is 0 Å². The van der Waals surface area contributed by atoms with E-state index in [1.54, 1.807) is 31.5 Å². The highest BCUT2D eigenvalue weighted by Crippen LogP contribution is 2.18. The first kappa shape index (κ1) is 12.2. The molecule has 0 aliphatic heterocycles. The lowest BCUT2D eigenvalue weighted by atomic mass is 10.1. The summed E-state index contributed by atoms with van der Waals surface area (Å²) < 4.78 is 0. The fraction of sp³-hybridized carbons (Fsp3) is 0.214. The van der Waals surface area contributed by atoms with Crippen LogP contribution < -0.4 is 4.90 Å². The molecule has 0 unspecified atom stereocenters. The standard InChI is InChI=1S/C14H15N3O/c1-11(18)13-6-4-8-16-14(13)17(2)10-12-5-3-7-15-9-12/h3-9H,10H2,1-2H3. The molecule has 2 rings (SSSR count). The number of hydrogen-bond donors (Lipinski definition) is 0. The maximum Gasteiger partial charge on any atom is 0.163 e. The van der Waals surface area contributed by atoms with Gasteiger partial charge in [-0.05, 0) is 30.7 Å². The van der Waals surface area contributed by atoms with Crippen molar-refractivity contribution >= 4 is 11.6 Å². The monoisotopic (exact) mass is 241 g/mol. The number of rotatable bonds is 4. The van der Waals surface area contributed by atoms with Gasteiger partial charge in [0, 0.05) is 32.2 Å². The van der Waals surface area contributed by atoms with Crippen LogP contribution in [0.1, 0.15) is 22.8 Å². The van der Waals surface area contributed by atoms with Gasteiger partial charge < -0.3 is 4.90 Å². The molecule has 2 aromatic heterocycles. The SMILES string of the molecule is CC(=O)c1cccnc1N(C)Cc1cccnc1. The van der Waals surface area contributed by atoms with Gasteiger partial charge >= 0.3 is 0 Å². The third kappa shape index (κ3) is 2.71. The largest absolute Gasteiger partial charge is 0.355 e. The number of pyridine rings is 2. The predicted octanol–water partition coefficient (Wildman–Crippen LogP) is 2.32. The molecule has 0 saturated heterocycles. The molecule has 0 aliphatic carbocycles. The first-order valence-corrected chi connectivity index (χ1v) is 5.74. The Kier molecular flexibility index (Phi) is 3.67. The Balaban J connectivity index is 2.24. The zero-order chi connectivity index (χ0) is 13.0. The van der Waals surface area contributed by atoms with E-state index in [9.17, 15) is 4.79 Å². The van der Waals surface area contributed by atoms with Gasteiger partial charge in [-0.25, -0.2) is 4.98 Å². The van der Waals surface area contributed by atoms with Gasteiger partial charge in [0.25, 0.3) is 0 Å². The van der Waals surface area contributed by atoms with Crippen molar-refractivity contribution in [2.75, 3.05) is 11.9 Å². The predicted molar refractivity (Wildman–Crippen MR) is 70.6 cm³/mol. The van der Waals surface area contributed by atoms with E-state index in [0.29, 0.717) is 17.9 Å². The maximum atomic E-state index is 11.5. The highest BCUT2D eigenvalue weighted by molar-refractivity contribution is 5.98. The summed E-state index contributed by atoms with van der Waals surface area (Å²) in [6.07, 6.45) is 5.25. The number of nitrogens with zero attached hydrogens (tertiary/aromatic N) is 3. The Bertz CT molecular complexity index is 540. The van der Waals surface area contributed by atoms with E-state index in [0.717, 1.165) is 5.56 Å². The minimum Gasteiger partial charge on any atom is -0.355 e. The molecule has 92 valence electrons. The lowest BCUT2D eigenvalue weighted by molar-refractivity contribution is 0.101. The van der Waals surface area contributed by atoms with Crippen LogP contribution in [0.25, 0.3) is 0 Å². The molecule has 4 nitrogen and oxygen atoms in total. The molecule has 0 atom stereocenters. The Labute approximate surface area is 106 Å². The average Bonchev–Trinajstić information content (AvgIpc) is 2.40. The summed E-state index contributed by atoms with van der Waals surface area (Å²) in [5, 5.41) is 0. The molecule has 0 spiro atoms. The normalized spacial score (nSPS) is 10.1. The van der Waals surface area contributed by atoms with E-state index in [1.165, 1.54) is 0 Å². The third-order valence-corrected chi connectivity index (χ3v) is 2.67. The second-order valence-corrected chi connectivity index (χ2v) is 4.15. The molecule has 18 heavy (non-hydrogen) atoms. The number of aromatic nitrogens is 2. The van der Waals surface area contributed by atoms with Crippen LogP contribution in [-0.2, 0) is 6.54 Å². The third-order valence-electron chi connectivity index (χ3n) is 2.67. The average molecular weight is 241 g/mol. The Morgan fingerprint density at radius 2 is 2.06 bits per heavy atom. The first-order chi connectivity index (χ1) is 8.68. The van der Waals surface area contributed by atoms with E-state index >= 15 is 0 Å². The summed E-state index contributed by atoms with van der Waals surface area (Å²) in [6, 6.07) is 7.47. The quantitative estimate of drug-likeness (QED) is 0.771. The first-order valence-electron chi connectivity index (χ1n) is 5.74. The zero-order valence-electron chi connectivity index (χ0n) is 10.5. The van der Waals surface area contributed by atoms with Crippen molar-refractivity contribution in [2.24, 2.45) is 0 Å². The molecule has 0 aliphatic rings. The summed E-state index contributed by atoms with van der Waals surface area (Å²) in [5.41, 5.74) is 1.73. The van der Waals surface area contributed by atoms with Crippen molar-refractivity contribution in [2.45, 2.75) is 13.5 Å². The van der Waals surface area contributed by atoms with Gasteiger partial charge in [0.2, 0.25) is 0 Å². The van der Waals surface area contributed by atoms with Crippen LogP contribution in [0.2, 0.25) is 0 Å². The number of carbonyl (C=O) groups excluding carboxylic acids is 1. The number of carbonyl (C=O) groups is 1. The van der Waals surface area contributed by atoms with Gasteiger partial charge in [-0.2, -0.15) is 0 Å². The fourth-order valence-corrected chi connectivity index (χ4v) is 1.82. The smallest absolute Gasteiger partial charge is 0.163 e. The van der Waals surface area contributed by atoms with E-state index < -0.39 is 0 Å². The summed E-state index contributed by atoms with van der Waals surface area (Å²) in [5.74, 6) is 0.727. The van der Waals surface area contributed by atoms with Gasteiger partial charge in [-0.3, -0.25) is 9.78 Å². The molecule has 2 aromatic rings. The van der Waals surface area contributed by atoms with E-state index in [2.05, 4.69) is 9.97 Å². The second kappa shape index (κ2) is 5.40. The van der Waals surface area contributed by atoms with Crippen LogP contribution in [-0.4, -0.2) is 22.8 Å². The molecule has 2 heterocycles. The molecular formula is C14H15N3O. The minimum absolute atomic E-state index is 0.0242. The molecule has 0 aromatic carbocycles. The van der Waals surface area contributed by atoms with Crippen LogP contribution in [0.5, 0.6) is 0 Å². The van der Waals surface area contributed by atoms with E-state index in [1.807, 2.05) is 30.3 Å². The van der Waals surface area contributed by atoms with Gasteiger partial charge in [0.15, 0.2) is 5.78 Å². The molecule has 0 fully saturated rings. The van der Waals surface area contributed by atoms with Gasteiger partial charge in [-0.1, -0.05) is 6.07 Å². The van der Waals surface area contributed by atoms with Gasteiger partial charge in [-0.15, -0.1) is 0 Å². The van der Waals surface area contributed by atoms with Crippen LogP contribution in [0.4, 0.5) is 5.82 Å². The number of Topliss-reactive ketones (excluding diaryl/α,β-unsaturated/α-hetero) is 1. The van der Waals surface area contributed by atoms with Crippen molar-refractivity contribution in [3.8, 4) is 0 Å². The molecule has 4 heteroatoms. The molecule has 0 amide bonds. The molecule has 0 N–H and O–H groups in total. The second-order valence-electron chi connectivity index (χ2n) is 4.15.